The number of hydrogen-bond donors (Lipinski definition) is 2. The molecule has 9 nitrogen and oxygen atoms in total. The number of benzene rings is 1. The van der Waals surface area contributed by atoms with Crippen molar-refractivity contribution < 1.29 is 9.59 Å². The fraction of sp³-hybridized carbons (Fsp3) is 0.350. The van der Waals surface area contributed by atoms with Crippen LogP contribution in [0.15, 0.2) is 41.5 Å². The van der Waals surface area contributed by atoms with Crippen LogP contribution >= 0.6 is 0 Å². The minimum atomic E-state index is -0.483. The topological polar surface area (TPSA) is 113 Å². The molecule has 0 spiro atoms. The van der Waals surface area contributed by atoms with Crippen LogP contribution in [0.4, 0.5) is 5.95 Å². The second kappa shape index (κ2) is 8.26. The van der Waals surface area contributed by atoms with E-state index in [9.17, 15) is 14.4 Å². The zero-order valence-electron chi connectivity index (χ0n) is 15.9. The number of nitrogens with one attached hydrogen (secondary N) is 2. The Kier molecular flexibility index (Phi) is 5.37. The summed E-state index contributed by atoms with van der Waals surface area (Å²) < 4.78 is 1.42. The number of likely N-dealkylation sites (tertiary alicyclic amines) is 1. The highest BCUT2D eigenvalue weighted by atomic mass is 16.2. The molecule has 2 aromatic heterocycles. The van der Waals surface area contributed by atoms with E-state index in [4.69, 9.17) is 0 Å². The number of aromatic nitrogens is 4. The van der Waals surface area contributed by atoms with Gasteiger partial charge in [-0.3, -0.25) is 19.7 Å². The summed E-state index contributed by atoms with van der Waals surface area (Å²) in [7, 11) is 0. The summed E-state index contributed by atoms with van der Waals surface area (Å²) in [6.45, 7) is 1.62. The maximum atomic E-state index is 12.7. The normalized spacial score (nSPS) is 14.6. The van der Waals surface area contributed by atoms with Gasteiger partial charge in [0.05, 0.1) is 5.56 Å². The van der Waals surface area contributed by atoms with Crippen LogP contribution in [0.1, 0.15) is 36.0 Å². The average Bonchev–Trinajstić information content (AvgIpc) is 2.97. The molecular weight excluding hydrogens is 372 g/mol. The van der Waals surface area contributed by atoms with Gasteiger partial charge in [-0.25, -0.2) is 9.67 Å². The predicted octanol–water partition coefficient (Wildman–Crippen LogP) is 1.77. The predicted molar refractivity (Wildman–Crippen MR) is 108 cm³/mol. The second-order valence-electron chi connectivity index (χ2n) is 7.11. The molecule has 1 saturated heterocycles. The largest absolute Gasteiger partial charge is 0.341 e. The SMILES string of the molecule is O=C(Nc1ncn(CC(=O)N2CCCCCC2)n1)c1cc(=O)[nH]c2ccccc12. The lowest BCUT2D eigenvalue weighted by Gasteiger charge is -2.19. The second-order valence-corrected chi connectivity index (χ2v) is 7.11. The minimum absolute atomic E-state index is 0.00439. The molecule has 0 radical (unpaired) electrons. The van der Waals surface area contributed by atoms with Crippen LogP contribution in [-0.2, 0) is 11.3 Å². The minimum Gasteiger partial charge on any atom is -0.341 e. The Morgan fingerprint density at radius 2 is 1.86 bits per heavy atom. The fourth-order valence-electron chi connectivity index (χ4n) is 3.55. The van der Waals surface area contributed by atoms with E-state index in [0.29, 0.717) is 10.9 Å². The van der Waals surface area contributed by atoms with E-state index in [-0.39, 0.29) is 29.5 Å². The lowest BCUT2D eigenvalue weighted by atomic mass is 10.1. The number of rotatable bonds is 4. The Balaban J connectivity index is 1.46. The number of hydrogen-bond acceptors (Lipinski definition) is 5. The highest BCUT2D eigenvalue weighted by Gasteiger charge is 2.18. The molecule has 3 aromatic rings. The van der Waals surface area contributed by atoms with Gasteiger partial charge in [-0.1, -0.05) is 31.0 Å². The quantitative estimate of drug-likeness (QED) is 0.700. The van der Waals surface area contributed by atoms with Crippen molar-refractivity contribution in [2.24, 2.45) is 0 Å². The first-order valence-corrected chi connectivity index (χ1v) is 9.71. The number of anilines is 1. The van der Waals surface area contributed by atoms with Gasteiger partial charge in [-0.15, -0.1) is 5.10 Å². The van der Waals surface area contributed by atoms with E-state index in [0.717, 1.165) is 38.8 Å². The number of pyridine rings is 1. The standard InChI is InChI=1S/C20H22N6O3/c27-17-11-15(14-7-3-4-8-16(14)22-17)19(29)23-20-21-13-26(24-20)12-18(28)25-9-5-1-2-6-10-25/h3-4,7-8,11,13H,1-2,5-6,9-10,12H2,(H,22,27)(H,23,24,29). The molecule has 0 aliphatic carbocycles. The zero-order valence-corrected chi connectivity index (χ0v) is 15.9. The van der Waals surface area contributed by atoms with Gasteiger partial charge in [0.2, 0.25) is 17.4 Å². The summed E-state index contributed by atoms with van der Waals surface area (Å²) in [6.07, 6.45) is 5.77. The van der Waals surface area contributed by atoms with Crippen LogP contribution < -0.4 is 10.9 Å². The van der Waals surface area contributed by atoms with Crippen LogP contribution in [0.25, 0.3) is 10.9 Å². The van der Waals surface area contributed by atoms with Crippen LogP contribution in [0.3, 0.4) is 0 Å². The highest BCUT2D eigenvalue weighted by Crippen LogP contribution is 2.16. The number of carbonyl (C=O) groups is 2. The third-order valence-corrected chi connectivity index (χ3v) is 5.01. The number of aromatic amines is 1. The first kappa shape index (κ1) is 18.9. The van der Waals surface area contributed by atoms with Gasteiger partial charge in [0.1, 0.15) is 12.9 Å². The van der Waals surface area contributed by atoms with Crippen LogP contribution in [0.2, 0.25) is 0 Å². The summed E-state index contributed by atoms with van der Waals surface area (Å²) in [4.78, 5) is 45.6. The Labute approximate surface area is 166 Å². The maximum Gasteiger partial charge on any atom is 0.258 e. The van der Waals surface area contributed by atoms with Crippen molar-refractivity contribution in [3.63, 3.8) is 0 Å². The smallest absolute Gasteiger partial charge is 0.258 e. The van der Waals surface area contributed by atoms with Gasteiger partial charge < -0.3 is 9.88 Å². The molecule has 2 amide bonds. The van der Waals surface area contributed by atoms with Gasteiger partial charge in [-0.2, -0.15) is 0 Å². The van der Waals surface area contributed by atoms with Crippen molar-refractivity contribution in [3.05, 3.63) is 52.6 Å². The molecule has 9 heteroatoms. The lowest BCUT2D eigenvalue weighted by Crippen LogP contribution is -2.34. The number of para-hydroxylation sites is 1. The molecular formula is C20H22N6O3. The van der Waals surface area contributed by atoms with E-state index in [1.807, 2.05) is 4.90 Å². The van der Waals surface area contributed by atoms with Crippen molar-refractivity contribution in [3.8, 4) is 0 Å². The Morgan fingerprint density at radius 1 is 1.10 bits per heavy atom. The third-order valence-electron chi connectivity index (χ3n) is 5.01. The number of H-pyrrole nitrogens is 1. The molecule has 1 aromatic carbocycles. The Hall–Kier alpha value is -3.49. The fourth-order valence-corrected chi connectivity index (χ4v) is 3.55. The third kappa shape index (κ3) is 4.34. The van der Waals surface area contributed by atoms with Gasteiger partial charge >= 0.3 is 0 Å². The molecule has 29 heavy (non-hydrogen) atoms. The number of fused-ring (bicyclic) bond motifs is 1. The first-order valence-electron chi connectivity index (χ1n) is 9.71. The van der Waals surface area contributed by atoms with Crippen molar-refractivity contribution in [1.29, 1.82) is 0 Å². The first-order chi connectivity index (χ1) is 14.1. The molecule has 2 N–H and O–H groups in total. The van der Waals surface area contributed by atoms with Crippen LogP contribution in [-0.4, -0.2) is 49.6 Å². The molecule has 0 atom stereocenters. The summed E-state index contributed by atoms with van der Waals surface area (Å²) in [5.74, 6) is -0.401. The van der Waals surface area contributed by atoms with Crippen LogP contribution in [0.5, 0.6) is 0 Å². The zero-order chi connectivity index (χ0) is 20.2. The van der Waals surface area contributed by atoms with Gasteiger partial charge in [0.25, 0.3) is 5.91 Å². The van der Waals surface area contributed by atoms with Crippen molar-refractivity contribution in [1.82, 2.24) is 24.6 Å². The summed E-state index contributed by atoms with van der Waals surface area (Å²) in [5, 5.41) is 7.40. The van der Waals surface area contributed by atoms with E-state index in [2.05, 4.69) is 20.4 Å². The van der Waals surface area contributed by atoms with E-state index in [1.165, 1.54) is 17.1 Å². The number of nitrogens with zero attached hydrogens (tertiary/aromatic N) is 4. The molecule has 3 heterocycles. The molecule has 1 aliphatic heterocycles. The Morgan fingerprint density at radius 3 is 2.66 bits per heavy atom. The van der Waals surface area contributed by atoms with Crippen molar-refractivity contribution in [2.45, 2.75) is 32.2 Å². The monoisotopic (exact) mass is 394 g/mol. The van der Waals surface area contributed by atoms with Gasteiger partial charge in [0.15, 0.2) is 0 Å². The molecule has 1 aliphatic rings. The van der Waals surface area contributed by atoms with Crippen LogP contribution in [0, 0.1) is 0 Å². The Bertz CT molecular complexity index is 1090. The number of amides is 2. The lowest BCUT2D eigenvalue weighted by molar-refractivity contribution is -0.132. The molecule has 4 rings (SSSR count). The van der Waals surface area contributed by atoms with E-state index >= 15 is 0 Å². The van der Waals surface area contributed by atoms with Crippen molar-refractivity contribution in [2.75, 3.05) is 18.4 Å². The van der Waals surface area contributed by atoms with E-state index in [1.54, 1.807) is 24.3 Å². The van der Waals surface area contributed by atoms with Crippen molar-refractivity contribution >= 4 is 28.7 Å². The van der Waals surface area contributed by atoms with Gasteiger partial charge in [-0.05, 0) is 18.9 Å². The molecule has 0 bridgehead atoms. The van der Waals surface area contributed by atoms with Gasteiger partial charge in [0, 0.05) is 30.1 Å². The average molecular weight is 394 g/mol. The summed E-state index contributed by atoms with van der Waals surface area (Å²) in [6, 6.07) is 8.31. The number of carbonyl (C=O) groups excluding carboxylic acids is 2. The molecule has 0 unspecified atom stereocenters. The summed E-state index contributed by atoms with van der Waals surface area (Å²) in [5.41, 5.74) is 0.448. The molecule has 0 saturated carbocycles. The molecule has 150 valence electrons. The highest BCUT2D eigenvalue weighted by molar-refractivity contribution is 6.11. The summed E-state index contributed by atoms with van der Waals surface area (Å²) >= 11 is 0. The molecule has 1 fully saturated rings. The maximum absolute atomic E-state index is 12.7. The van der Waals surface area contributed by atoms with E-state index < -0.39 is 5.91 Å².